The normalized spacial score (nSPS) is 15.0. The van der Waals surface area contributed by atoms with Crippen LogP contribution in [0.3, 0.4) is 0 Å². The molecule has 0 spiro atoms. The number of carbonyl (C=O) groups is 13. The molecule has 52 heteroatoms. The molecule has 0 aromatic heterocycles. The van der Waals surface area contributed by atoms with E-state index in [-0.39, 0.29) is 78.3 Å². The van der Waals surface area contributed by atoms with E-state index < -0.39 is 35.8 Å². The Morgan fingerprint density at radius 3 is 0.830 bits per heavy atom. The first-order chi connectivity index (χ1) is 69.9. The monoisotopic (exact) mass is 3400 g/mol. The smallest absolute Gasteiger partial charge is 0.341 e. The van der Waals surface area contributed by atoms with Crippen molar-refractivity contribution < 1.29 is 134 Å². The van der Waals surface area contributed by atoms with Gasteiger partial charge in [-0.15, -0.1) is 0 Å². The molecule has 6 aromatic rings. The van der Waals surface area contributed by atoms with E-state index in [9.17, 15) is 67.4 Å². The highest BCUT2D eigenvalue weighted by Gasteiger charge is 2.34. The van der Waals surface area contributed by atoms with Crippen molar-refractivity contribution in [3.8, 4) is 17.2 Å². The molecule has 6 aliphatic heterocycles. The van der Waals surface area contributed by atoms with E-state index in [1.807, 2.05) is 148 Å². The number of aromatic hydroxyl groups is 1. The summed E-state index contributed by atoms with van der Waals surface area (Å²) < 4.78 is 82.5. The summed E-state index contributed by atoms with van der Waals surface area (Å²) in [6, 6.07) is 15.2. The number of hydrogen-bond donors (Lipinski definition) is 5. The molecule has 0 atom stereocenters. The molecule has 6 heterocycles. The van der Waals surface area contributed by atoms with E-state index in [2.05, 4.69) is 186 Å². The number of benzene rings is 6. The Kier molecular flexibility index (Phi) is 60.9. The zero-order valence-electron chi connectivity index (χ0n) is 82.2. The number of halogens is 12. The Hall–Kier alpha value is -3.69. The lowest BCUT2D eigenvalue weighted by atomic mass is 10.1. The van der Waals surface area contributed by atoms with Crippen molar-refractivity contribution in [1.82, 2.24) is 29.4 Å². The van der Waals surface area contributed by atoms with Crippen LogP contribution in [0, 0.1) is 42.8 Å². The zero-order valence-corrected chi connectivity index (χ0v) is 108. The van der Waals surface area contributed by atoms with Crippen molar-refractivity contribution in [2.75, 3.05) is 289 Å². The first-order valence-corrected chi connectivity index (χ1v) is 58.7. The molecule has 6 aromatic carbocycles. The molecule has 0 aliphatic carbocycles. The van der Waals surface area contributed by atoms with Gasteiger partial charge < -0.3 is 102 Å². The highest BCUT2D eigenvalue weighted by atomic mass is 127. The topological polar surface area (TPSA) is 445 Å². The van der Waals surface area contributed by atoms with Crippen LogP contribution in [-0.4, -0.2) is 370 Å². The number of esters is 7. The number of morpholine rings is 6. The molecule has 0 radical (unpaired) electrons. The summed E-state index contributed by atoms with van der Waals surface area (Å²) >= 11 is 24.7. The van der Waals surface area contributed by atoms with E-state index in [0.29, 0.717) is 209 Å². The first-order valence-electron chi connectivity index (χ1n) is 45.8. The van der Waals surface area contributed by atoms with Gasteiger partial charge in [-0.1, -0.05) is 0 Å². The second kappa shape index (κ2) is 68.7. The van der Waals surface area contributed by atoms with E-state index >= 15 is 0 Å². The molecule has 6 aliphatic rings. The fourth-order valence-electron chi connectivity index (χ4n) is 13.9. The third kappa shape index (κ3) is 43.7. The van der Waals surface area contributed by atoms with Gasteiger partial charge in [0.2, 0.25) is 35.4 Å². The Labute approximate surface area is 1020 Å². The van der Waals surface area contributed by atoms with Crippen molar-refractivity contribution in [1.29, 1.82) is 0 Å². The Morgan fingerprint density at radius 1 is 0.320 bits per heavy atom. The highest BCUT2D eigenvalue weighted by Crippen LogP contribution is 2.44. The largest absolute Gasteiger partial charge is 0.507 e. The maximum atomic E-state index is 12.9. The van der Waals surface area contributed by atoms with Gasteiger partial charge in [0.05, 0.1) is 178 Å². The van der Waals surface area contributed by atoms with E-state index in [1.165, 1.54) is 64.3 Å². The van der Waals surface area contributed by atoms with Crippen LogP contribution in [0.15, 0.2) is 54.6 Å². The van der Waals surface area contributed by atoms with Crippen molar-refractivity contribution in [2.45, 2.75) is 48.5 Å². The molecular formula is C95H116I12N12O28. The summed E-state index contributed by atoms with van der Waals surface area (Å²) in [4.78, 5) is 172. The molecule has 0 bridgehead atoms. The van der Waals surface area contributed by atoms with E-state index in [4.69, 9.17) is 66.3 Å². The van der Waals surface area contributed by atoms with Gasteiger partial charge in [-0.25, -0.2) is 28.8 Å². The van der Waals surface area contributed by atoms with E-state index in [1.54, 1.807) is 57.6 Å². The zero-order chi connectivity index (χ0) is 108. The number of ether oxygens (including phenoxy) is 14. The average Bonchev–Trinajstić information content (AvgIpc) is 0.760. The van der Waals surface area contributed by atoms with Gasteiger partial charge in [0.15, 0.2) is 0 Å². The minimum Gasteiger partial charge on any atom is -0.507 e. The van der Waals surface area contributed by atoms with Crippen LogP contribution < -0.4 is 40.5 Å². The Bertz CT molecular complexity index is 5380. The number of hydrogen-bond acceptors (Lipinski definition) is 34. The van der Waals surface area contributed by atoms with Gasteiger partial charge in [0.25, 0.3) is 0 Å². The predicted octanol–water partition coefficient (Wildman–Crippen LogP) is 13.7. The highest BCUT2D eigenvalue weighted by molar-refractivity contribution is 14.1. The molecule has 40 nitrogen and oxygen atoms in total. The minimum absolute atomic E-state index is 0.100. The molecule has 6 fully saturated rings. The average molecular weight is 3400 g/mol. The lowest BCUT2D eigenvalue weighted by Crippen LogP contribution is -2.38. The van der Waals surface area contributed by atoms with Crippen molar-refractivity contribution >= 4 is 382 Å². The number of carbonyl (C=O) groups excluding carboxylic acids is 13. The number of rotatable bonds is 32. The van der Waals surface area contributed by atoms with Gasteiger partial charge >= 0.3 is 41.8 Å². The number of nitrogens with one attached hydrogen (secondary N) is 4. The Balaban J connectivity index is 0.000000241. The summed E-state index contributed by atoms with van der Waals surface area (Å²) in [5, 5.41) is 20.6. The fraction of sp³-hybridized carbons (Fsp3) is 0.484. The maximum absolute atomic E-state index is 12.9. The Morgan fingerprint density at radius 2 is 0.571 bits per heavy atom. The second-order valence-corrected chi connectivity index (χ2v) is 45.7. The molecular weight excluding hydrogens is 3280 g/mol. The van der Waals surface area contributed by atoms with Crippen molar-refractivity contribution in [3.63, 3.8) is 0 Å². The van der Waals surface area contributed by atoms with Gasteiger partial charge in [-0.05, 0) is 326 Å². The number of nitrogens with zero attached hydrogens (tertiary/aromatic N) is 8. The molecule has 6 amide bonds. The summed E-state index contributed by atoms with van der Waals surface area (Å²) in [5.74, 6) is -3.67. The molecule has 5 N–H and O–H groups in total. The minimum atomic E-state index is -0.489. The van der Waals surface area contributed by atoms with Crippen LogP contribution in [0.2, 0.25) is 0 Å². The number of methoxy groups -OCH3 is 1. The van der Waals surface area contributed by atoms with Gasteiger partial charge in [0, 0.05) is 188 Å². The summed E-state index contributed by atoms with van der Waals surface area (Å²) in [6.45, 7) is 34.2. The third-order valence-corrected chi connectivity index (χ3v) is 33.6. The lowest BCUT2D eigenvalue weighted by molar-refractivity contribution is -0.132. The summed E-state index contributed by atoms with van der Waals surface area (Å²) in [5.41, 5.74) is 5.25. The van der Waals surface area contributed by atoms with Crippen LogP contribution >= 0.6 is 271 Å². The molecule has 12 rings (SSSR count). The lowest BCUT2D eigenvalue weighted by Gasteiger charge is -2.26. The van der Waals surface area contributed by atoms with Crippen molar-refractivity contribution in [3.05, 3.63) is 131 Å². The van der Waals surface area contributed by atoms with Gasteiger partial charge in [0.1, 0.15) is 68.0 Å². The van der Waals surface area contributed by atoms with Crippen LogP contribution in [0.1, 0.15) is 111 Å². The number of phenolic OH excluding ortho intramolecular Hbond substituents is 1. The first kappa shape index (κ1) is 130. The van der Waals surface area contributed by atoms with Crippen LogP contribution in [0.25, 0.3) is 0 Å². The number of amides is 6. The van der Waals surface area contributed by atoms with Crippen molar-refractivity contribution in [2.24, 2.45) is 0 Å². The predicted molar refractivity (Wildman–Crippen MR) is 651 cm³/mol. The molecule has 808 valence electrons. The second-order valence-electron chi connectivity index (χ2n) is 32.3. The van der Waals surface area contributed by atoms with E-state index in [0.717, 1.165) is 119 Å². The maximum Gasteiger partial charge on any atom is 0.341 e. The summed E-state index contributed by atoms with van der Waals surface area (Å²) in [7, 11) is 4.83. The molecule has 6 saturated heterocycles. The van der Waals surface area contributed by atoms with Crippen LogP contribution in [0.5, 0.6) is 17.2 Å². The number of phenols is 1. The SMILES string of the molecule is CC(=O)Nc1c(I)c(C(=O)OCCN2CCOCC2)c(I)c(N(C)C(C)=O)c1I.CC(=O)Nc1c(I)c(C(=O)OCCN2CCOCC2)c(I)c(N(C)C(C)=O)c1I.CC(=O)Nc1c(I)c(NC(C)=O)c(I)c(C(=O)OCCN2CCOCC2)c1I.CC(=O)Oc1cc(I)ccc1C(=O)OCCN1CCOCC1.COc1cc(I)ccc1C(=O)OCCN1CCOCC1.O=C(OCCN1CCOCC1)c1ccc(I)c(O)c1. The standard InChI is InChI=1S/2C18H22I3N3O5.C17H20I3N3O5.C15H18INO5.C14H18INO4.C13H16INO4/c2*1-10(25)22-16-13(19)12(14(20)17(15(16)21)23(3)11(2)26)18(27)29-9-6-24-4-7-28-8-5-24;1-9(24)21-15-12(18)11(13(19)16(14(15)20)22-10(2)25)17(26)28-8-5-23-3-6-27-7-4-23;1-11(18)22-14-10-12(16)2-3-13(14)15(19)21-9-6-17-4-7-20-8-5-17;1-18-13-10-11(15)2-3-12(13)14(17)20-9-6-16-4-7-19-8-5-16;14-11-2-1-10(9-12(11)16)13(17)19-8-5-15-3-6-18-7-4-15/h2*4-9H2,1-3H3,(H,22,25);3-8H2,1-2H3,(H,21,24)(H,22,25);2-3,10H,4-9H2,1H3;2-3,10H,4-9H2,1H3;1-2,9,16H,3-8H2. The van der Waals surface area contributed by atoms with Crippen LogP contribution in [-0.2, 0) is 90.4 Å². The third-order valence-electron chi connectivity index (χ3n) is 21.8. The summed E-state index contributed by atoms with van der Waals surface area (Å²) in [6.07, 6.45) is 0. The number of anilines is 6. The van der Waals surface area contributed by atoms with Gasteiger partial charge in [-0.3, -0.25) is 63.0 Å². The molecule has 0 unspecified atom stereocenters. The molecule has 0 saturated carbocycles. The molecule has 147 heavy (non-hydrogen) atoms. The fourth-order valence-corrected chi connectivity index (χ4v) is 28.5. The quantitative estimate of drug-likeness (QED) is 0.0113. The van der Waals surface area contributed by atoms with Crippen LogP contribution in [0.4, 0.5) is 34.1 Å². The van der Waals surface area contributed by atoms with Gasteiger partial charge in [-0.2, -0.15) is 0 Å².